The van der Waals surface area contributed by atoms with Crippen molar-refractivity contribution in [1.82, 2.24) is 0 Å². The molecule has 18 heavy (non-hydrogen) atoms. The van der Waals surface area contributed by atoms with Gasteiger partial charge in [0.15, 0.2) is 0 Å². The van der Waals surface area contributed by atoms with Crippen molar-refractivity contribution < 1.29 is 24.1 Å². The third-order valence-corrected chi connectivity index (χ3v) is 2.56. The van der Waals surface area contributed by atoms with Crippen LogP contribution >= 0.6 is 0 Å². The highest BCUT2D eigenvalue weighted by Gasteiger charge is 2.13. The Morgan fingerprint density at radius 3 is 2.33 bits per heavy atom. The summed E-state index contributed by atoms with van der Waals surface area (Å²) >= 11 is 0. The molecule has 0 aromatic heterocycles. The lowest BCUT2D eigenvalue weighted by molar-refractivity contribution is -0.136. The van der Waals surface area contributed by atoms with E-state index in [0.29, 0.717) is 24.5 Å². The van der Waals surface area contributed by atoms with Gasteiger partial charge < -0.3 is 19.3 Å². The first-order valence-corrected chi connectivity index (χ1v) is 5.56. The summed E-state index contributed by atoms with van der Waals surface area (Å²) in [5, 5.41) is 8.74. The molecule has 0 bridgehead atoms. The van der Waals surface area contributed by atoms with Crippen molar-refractivity contribution in [3.05, 3.63) is 23.3 Å². The zero-order valence-electron chi connectivity index (χ0n) is 10.9. The van der Waals surface area contributed by atoms with Crippen LogP contribution in [-0.4, -0.2) is 32.4 Å². The van der Waals surface area contributed by atoms with Gasteiger partial charge >= 0.3 is 5.97 Å². The number of ether oxygens (including phenoxy) is 3. The van der Waals surface area contributed by atoms with Gasteiger partial charge in [-0.1, -0.05) is 0 Å². The Morgan fingerprint density at radius 2 is 1.83 bits per heavy atom. The van der Waals surface area contributed by atoms with Crippen LogP contribution in [0.25, 0.3) is 0 Å². The second kappa shape index (κ2) is 6.86. The molecule has 0 aliphatic heterocycles. The van der Waals surface area contributed by atoms with Gasteiger partial charge in [-0.25, -0.2) is 0 Å². The average Bonchev–Trinajstić information content (AvgIpc) is 2.36. The number of hydrogen-bond donors (Lipinski definition) is 1. The van der Waals surface area contributed by atoms with Crippen LogP contribution in [0.15, 0.2) is 12.1 Å². The molecule has 0 unspecified atom stereocenters. The molecule has 5 heteroatoms. The van der Waals surface area contributed by atoms with Gasteiger partial charge in [0.05, 0.1) is 20.8 Å². The summed E-state index contributed by atoms with van der Waals surface area (Å²) in [6.07, 6.45) is 0.447. The fourth-order valence-electron chi connectivity index (χ4n) is 1.79. The quantitative estimate of drug-likeness (QED) is 0.804. The molecule has 0 saturated carbocycles. The van der Waals surface area contributed by atoms with Gasteiger partial charge in [-0.3, -0.25) is 4.79 Å². The fourth-order valence-corrected chi connectivity index (χ4v) is 1.79. The van der Waals surface area contributed by atoms with Crippen LogP contribution in [0, 0.1) is 0 Å². The predicted octanol–water partition coefficient (Wildman–Crippen LogP) is 1.87. The number of carbonyl (C=O) groups is 1. The van der Waals surface area contributed by atoms with Gasteiger partial charge in [-0.2, -0.15) is 0 Å². The van der Waals surface area contributed by atoms with E-state index in [1.807, 2.05) is 6.07 Å². The molecular weight excluding hydrogens is 236 g/mol. The highest BCUT2D eigenvalue weighted by atomic mass is 16.5. The molecule has 5 nitrogen and oxygen atoms in total. The molecule has 0 aliphatic rings. The van der Waals surface area contributed by atoms with Crippen LogP contribution in [0.2, 0.25) is 0 Å². The number of aliphatic carboxylic acids is 1. The summed E-state index contributed by atoms with van der Waals surface area (Å²) in [7, 11) is 4.72. The Kier molecular flexibility index (Phi) is 5.45. The number of aryl methyl sites for hydroxylation is 1. The number of rotatable bonds is 7. The summed E-state index contributed by atoms with van der Waals surface area (Å²) in [6.45, 7) is 0.389. The Hall–Kier alpha value is -1.75. The predicted molar refractivity (Wildman–Crippen MR) is 66.2 cm³/mol. The molecule has 0 aliphatic carbocycles. The Balaban J connectivity index is 3.10. The van der Waals surface area contributed by atoms with Crippen molar-refractivity contribution in [2.75, 3.05) is 21.3 Å². The zero-order chi connectivity index (χ0) is 13.5. The molecule has 0 atom stereocenters. The van der Waals surface area contributed by atoms with Crippen LogP contribution in [0.5, 0.6) is 11.5 Å². The molecule has 0 radical (unpaired) electrons. The van der Waals surface area contributed by atoms with Gasteiger partial charge in [0.25, 0.3) is 0 Å². The van der Waals surface area contributed by atoms with Crippen molar-refractivity contribution in [3.63, 3.8) is 0 Å². The SMILES string of the molecule is COCc1cc(OC)cc(CCC(=O)O)c1OC. The van der Waals surface area contributed by atoms with Crippen molar-refractivity contribution in [2.24, 2.45) is 0 Å². The molecule has 0 amide bonds. The van der Waals surface area contributed by atoms with Gasteiger partial charge in [0.2, 0.25) is 0 Å². The summed E-state index contributed by atoms with van der Waals surface area (Å²) in [5.41, 5.74) is 1.66. The van der Waals surface area contributed by atoms with Crippen molar-refractivity contribution in [2.45, 2.75) is 19.4 Å². The first-order chi connectivity index (χ1) is 8.62. The minimum atomic E-state index is -0.840. The standard InChI is InChI=1S/C13H18O5/c1-16-8-10-7-11(17-2)6-9(13(10)18-3)4-5-12(14)15/h6-7H,4-5,8H2,1-3H3,(H,14,15). The average molecular weight is 254 g/mol. The van der Waals surface area contributed by atoms with E-state index in [1.54, 1.807) is 27.4 Å². The van der Waals surface area contributed by atoms with Crippen molar-refractivity contribution in [1.29, 1.82) is 0 Å². The minimum Gasteiger partial charge on any atom is -0.497 e. The first kappa shape index (κ1) is 14.3. The van der Waals surface area contributed by atoms with Crippen molar-refractivity contribution in [3.8, 4) is 11.5 Å². The highest BCUT2D eigenvalue weighted by Crippen LogP contribution is 2.30. The lowest BCUT2D eigenvalue weighted by atomic mass is 10.0. The molecule has 0 fully saturated rings. The first-order valence-electron chi connectivity index (χ1n) is 5.56. The molecule has 0 saturated heterocycles. The Morgan fingerprint density at radius 1 is 1.17 bits per heavy atom. The molecule has 100 valence electrons. The van der Waals surface area contributed by atoms with E-state index in [2.05, 4.69) is 0 Å². The number of carboxylic acids is 1. The van der Waals surface area contributed by atoms with Gasteiger partial charge in [-0.15, -0.1) is 0 Å². The third kappa shape index (κ3) is 3.63. The second-order valence-electron chi connectivity index (χ2n) is 3.81. The molecule has 0 heterocycles. The maximum absolute atomic E-state index is 10.6. The largest absolute Gasteiger partial charge is 0.497 e. The molecule has 1 rings (SSSR count). The van der Waals surface area contributed by atoms with E-state index in [-0.39, 0.29) is 6.42 Å². The maximum Gasteiger partial charge on any atom is 0.303 e. The van der Waals surface area contributed by atoms with Crippen LogP contribution in [0.1, 0.15) is 17.5 Å². The van der Waals surface area contributed by atoms with E-state index in [0.717, 1.165) is 11.1 Å². The van der Waals surface area contributed by atoms with E-state index < -0.39 is 5.97 Å². The fraction of sp³-hybridized carbons (Fsp3) is 0.462. The molecule has 1 aromatic carbocycles. The monoisotopic (exact) mass is 254 g/mol. The summed E-state index contributed by atoms with van der Waals surface area (Å²) in [5.74, 6) is 0.496. The van der Waals surface area contributed by atoms with Crippen molar-refractivity contribution >= 4 is 5.97 Å². The second-order valence-corrected chi connectivity index (χ2v) is 3.81. The van der Waals surface area contributed by atoms with E-state index in [1.165, 1.54) is 0 Å². The zero-order valence-corrected chi connectivity index (χ0v) is 10.9. The topological polar surface area (TPSA) is 65.0 Å². The Bertz CT molecular complexity index is 414. The summed E-state index contributed by atoms with van der Waals surface area (Å²) in [6, 6.07) is 3.62. The summed E-state index contributed by atoms with van der Waals surface area (Å²) in [4.78, 5) is 10.6. The number of hydrogen-bond acceptors (Lipinski definition) is 4. The van der Waals surface area contributed by atoms with Gasteiger partial charge in [0, 0.05) is 19.1 Å². The van der Waals surface area contributed by atoms with Crippen LogP contribution in [0.4, 0.5) is 0 Å². The van der Waals surface area contributed by atoms with E-state index >= 15 is 0 Å². The Labute approximate surface area is 106 Å². The van der Waals surface area contributed by atoms with E-state index in [4.69, 9.17) is 19.3 Å². The number of methoxy groups -OCH3 is 3. The highest BCUT2D eigenvalue weighted by molar-refractivity contribution is 5.67. The van der Waals surface area contributed by atoms with Crippen LogP contribution < -0.4 is 9.47 Å². The summed E-state index contributed by atoms with van der Waals surface area (Å²) < 4.78 is 15.6. The van der Waals surface area contributed by atoms with Crippen LogP contribution in [0.3, 0.4) is 0 Å². The molecule has 1 N–H and O–H groups in total. The molecule has 1 aromatic rings. The smallest absolute Gasteiger partial charge is 0.303 e. The lowest BCUT2D eigenvalue weighted by Gasteiger charge is -2.14. The minimum absolute atomic E-state index is 0.0515. The molecular formula is C13H18O5. The molecule has 0 spiro atoms. The normalized spacial score (nSPS) is 10.2. The third-order valence-electron chi connectivity index (χ3n) is 2.56. The maximum atomic E-state index is 10.6. The number of carboxylic acid groups (broad SMARTS) is 1. The number of benzene rings is 1. The van der Waals surface area contributed by atoms with Gasteiger partial charge in [-0.05, 0) is 24.1 Å². The lowest BCUT2D eigenvalue weighted by Crippen LogP contribution is -2.03. The van der Waals surface area contributed by atoms with Crippen LogP contribution in [-0.2, 0) is 22.6 Å². The van der Waals surface area contributed by atoms with E-state index in [9.17, 15) is 4.79 Å². The van der Waals surface area contributed by atoms with Gasteiger partial charge in [0.1, 0.15) is 11.5 Å².